The predicted octanol–water partition coefficient (Wildman–Crippen LogP) is -0.948. The Labute approximate surface area is 108 Å². The van der Waals surface area contributed by atoms with Crippen molar-refractivity contribution in [2.45, 2.75) is 25.4 Å². The molecular formula is C9H17NO5S. The summed E-state index contributed by atoms with van der Waals surface area (Å²) in [5.74, 6) is -2.89. The van der Waals surface area contributed by atoms with E-state index in [1.54, 1.807) is 0 Å². The number of nitrogens with one attached hydrogen (secondary N) is 1. The van der Waals surface area contributed by atoms with Crippen molar-refractivity contribution in [3.05, 3.63) is 0 Å². The number of aliphatic carboxylic acids is 1. The molecule has 4 N–H and O–H groups in total. The number of hydrogen-bond acceptors (Lipinski definition) is 5. The minimum atomic E-state index is -3.87. The van der Waals surface area contributed by atoms with Gasteiger partial charge in [-0.3, -0.25) is 4.79 Å². The summed E-state index contributed by atoms with van der Waals surface area (Å²) in [6.07, 6.45) is -7.49. The molecule has 0 rings (SSSR count). The van der Waals surface area contributed by atoms with Crippen molar-refractivity contribution in [1.29, 1.82) is 0 Å². The van der Waals surface area contributed by atoms with Crippen molar-refractivity contribution in [3.63, 3.8) is 0 Å². The van der Waals surface area contributed by atoms with Gasteiger partial charge in [0.15, 0.2) is 0 Å². The SMILES string of the molecule is [2H]C([2H])(O)C([2H])(O)C([2H])([2H])C([2H])([2H])SC[C@@H](NC(C)=O)C(=O)O. The first-order valence-corrected chi connectivity index (χ1v) is 5.04. The van der Waals surface area contributed by atoms with Gasteiger partial charge in [0.25, 0.3) is 0 Å². The van der Waals surface area contributed by atoms with Crippen molar-refractivity contribution >= 4 is 23.6 Å². The van der Waals surface area contributed by atoms with Crippen LogP contribution in [0.2, 0.25) is 0 Å². The Morgan fingerprint density at radius 2 is 2.25 bits per heavy atom. The second-order valence-corrected chi connectivity index (χ2v) is 3.42. The molecule has 16 heavy (non-hydrogen) atoms. The molecule has 0 fully saturated rings. The molecule has 2 atom stereocenters. The summed E-state index contributed by atoms with van der Waals surface area (Å²) >= 11 is 0.0121. The highest BCUT2D eigenvalue weighted by Gasteiger charge is 2.17. The monoisotopic (exact) mass is 258 g/mol. The Kier molecular flexibility index (Phi) is 3.57. The van der Waals surface area contributed by atoms with Gasteiger partial charge in [-0.25, -0.2) is 4.79 Å². The Bertz CT molecular complexity index is 468. The summed E-state index contributed by atoms with van der Waals surface area (Å²) < 4.78 is 51.1. The summed E-state index contributed by atoms with van der Waals surface area (Å²) in [5.41, 5.74) is -3.16. The molecule has 1 unspecified atom stereocenters. The summed E-state index contributed by atoms with van der Waals surface area (Å²) in [4.78, 5) is 21.8. The Balaban J connectivity index is 5.32. The molecule has 0 aromatic heterocycles. The van der Waals surface area contributed by atoms with Gasteiger partial charge < -0.3 is 20.6 Å². The van der Waals surface area contributed by atoms with Gasteiger partial charge in [-0.1, -0.05) is 0 Å². The molecular weight excluding hydrogens is 234 g/mol. The minimum Gasteiger partial charge on any atom is -0.480 e. The highest BCUT2D eigenvalue weighted by molar-refractivity contribution is 7.99. The van der Waals surface area contributed by atoms with Gasteiger partial charge >= 0.3 is 5.97 Å². The van der Waals surface area contributed by atoms with Gasteiger partial charge in [-0.15, -0.1) is 0 Å². The lowest BCUT2D eigenvalue weighted by atomic mass is 10.3. The molecule has 0 bridgehead atoms. The van der Waals surface area contributed by atoms with E-state index in [0.717, 1.165) is 6.92 Å². The zero-order chi connectivity index (χ0) is 18.9. The van der Waals surface area contributed by atoms with Gasteiger partial charge in [0.05, 0.1) is 16.8 Å². The van der Waals surface area contributed by atoms with E-state index in [0.29, 0.717) is 0 Å². The van der Waals surface area contributed by atoms with E-state index >= 15 is 0 Å². The van der Waals surface area contributed by atoms with Crippen LogP contribution in [0.1, 0.15) is 22.9 Å². The second-order valence-electron chi connectivity index (χ2n) is 2.59. The molecule has 0 heterocycles. The minimum absolute atomic E-state index is 0.0121. The summed E-state index contributed by atoms with van der Waals surface area (Å²) in [6, 6.07) is -1.56. The highest BCUT2D eigenvalue weighted by atomic mass is 32.2. The van der Waals surface area contributed by atoms with Crippen molar-refractivity contribution in [2.24, 2.45) is 0 Å². The lowest BCUT2D eigenvalue weighted by Crippen LogP contribution is -2.41. The number of rotatable bonds is 8. The van der Waals surface area contributed by atoms with Crippen LogP contribution in [0.3, 0.4) is 0 Å². The van der Waals surface area contributed by atoms with Crippen LogP contribution in [0.4, 0.5) is 0 Å². The maximum absolute atomic E-state index is 10.9. The fourth-order valence-corrected chi connectivity index (χ4v) is 1.30. The molecule has 0 aliphatic rings. The van der Waals surface area contributed by atoms with Crippen molar-refractivity contribution in [3.8, 4) is 0 Å². The number of carboxylic acid groups (broad SMARTS) is 1. The normalized spacial score (nSPS) is 25.3. The van der Waals surface area contributed by atoms with E-state index < -0.39 is 48.4 Å². The number of carbonyl (C=O) groups is 2. The molecule has 0 aromatic rings. The molecule has 0 aromatic carbocycles. The smallest absolute Gasteiger partial charge is 0.327 e. The predicted molar refractivity (Wildman–Crippen MR) is 60.3 cm³/mol. The molecule has 6 nitrogen and oxygen atoms in total. The average Bonchev–Trinajstić information content (AvgIpc) is 2.31. The highest BCUT2D eigenvalue weighted by Crippen LogP contribution is 2.07. The number of thioether (sulfide) groups is 1. The standard InChI is InChI=1S/C9H17NO5S/c1-6(12)10-8(9(14)15)5-16-3-2-7(13)4-11/h7-8,11,13H,2-5H2,1H3,(H,10,12)(H,14,15)/t7?,8-/m1/s1/i2D2,3D2,4D2,7D. The van der Waals surface area contributed by atoms with Crippen LogP contribution in [0.5, 0.6) is 0 Å². The van der Waals surface area contributed by atoms with Gasteiger partial charge in [0, 0.05) is 18.2 Å². The first kappa shape index (κ1) is 6.83. The third-order valence-corrected chi connectivity index (χ3v) is 2.02. The Morgan fingerprint density at radius 3 is 2.69 bits per heavy atom. The quantitative estimate of drug-likeness (QED) is 0.447. The largest absolute Gasteiger partial charge is 0.480 e. The molecule has 0 saturated carbocycles. The summed E-state index contributed by atoms with van der Waals surface area (Å²) in [7, 11) is 0. The fraction of sp³-hybridized carbons (Fsp3) is 0.778. The third-order valence-electron chi connectivity index (χ3n) is 1.27. The van der Waals surface area contributed by atoms with E-state index in [9.17, 15) is 14.7 Å². The van der Waals surface area contributed by atoms with Crippen LogP contribution < -0.4 is 5.32 Å². The zero-order valence-electron chi connectivity index (χ0n) is 15.4. The molecule has 0 saturated heterocycles. The number of hydrogen-bond donors (Lipinski definition) is 4. The van der Waals surface area contributed by atoms with Gasteiger partial charge in [-0.05, 0) is 12.1 Å². The van der Waals surface area contributed by atoms with Crippen LogP contribution >= 0.6 is 11.8 Å². The average molecular weight is 258 g/mol. The molecule has 1 amide bonds. The Morgan fingerprint density at radius 1 is 1.62 bits per heavy atom. The molecule has 0 radical (unpaired) electrons. The Hall–Kier alpha value is -0.790. The van der Waals surface area contributed by atoms with Crippen molar-refractivity contribution < 1.29 is 34.5 Å². The number of amides is 1. The molecule has 7 heteroatoms. The van der Waals surface area contributed by atoms with Crippen LogP contribution in [-0.4, -0.2) is 57.3 Å². The zero-order valence-corrected chi connectivity index (χ0v) is 9.17. The fourth-order valence-electron chi connectivity index (χ4n) is 0.657. The summed E-state index contributed by atoms with van der Waals surface area (Å²) in [5, 5.41) is 29.5. The third kappa shape index (κ3) is 7.49. The lowest BCUT2D eigenvalue weighted by Gasteiger charge is -2.13. The van der Waals surface area contributed by atoms with Gasteiger partial charge in [0.2, 0.25) is 5.91 Å². The van der Waals surface area contributed by atoms with E-state index in [1.165, 1.54) is 0 Å². The van der Waals surface area contributed by atoms with Gasteiger partial charge in [0.1, 0.15) is 6.04 Å². The molecule has 94 valence electrons. The topological polar surface area (TPSA) is 107 Å². The van der Waals surface area contributed by atoms with E-state index in [-0.39, 0.29) is 11.8 Å². The maximum atomic E-state index is 10.9. The van der Waals surface area contributed by atoms with Crippen LogP contribution in [0.15, 0.2) is 0 Å². The molecule has 0 aliphatic carbocycles. The van der Waals surface area contributed by atoms with E-state index in [1.807, 2.05) is 5.32 Å². The second kappa shape index (κ2) is 8.37. The van der Waals surface area contributed by atoms with Crippen LogP contribution in [0, 0.1) is 0 Å². The van der Waals surface area contributed by atoms with Crippen molar-refractivity contribution in [2.75, 3.05) is 18.0 Å². The first-order chi connectivity index (χ1) is 9.97. The first-order valence-electron chi connectivity index (χ1n) is 7.56. The van der Waals surface area contributed by atoms with Crippen molar-refractivity contribution in [1.82, 2.24) is 5.32 Å². The molecule has 0 aliphatic heterocycles. The van der Waals surface area contributed by atoms with E-state index in [2.05, 4.69) is 0 Å². The van der Waals surface area contributed by atoms with Gasteiger partial charge in [-0.2, -0.15) is 11.8 Å². The van der Waals surface area contributed by atoms with Crippen LogP contribution in [0.25, 0.3) is 0 Å². The number of carboxylic acids is 1. The number of aliphatic hydroxyl groups is 2. The molecule has 0 spiro atoms. The summed E-state index contributed by atoms with van der Waals surface area (Å²) in [6.45, 7) is -2.76. The lowest BCUT2D eigenvalue weighted by molar-refractivity contribution is -0.140. The number of carbonyl (C=O) groups excluding carboxylic acids is 1. The van der Waals surface area contributed by atoms with E-state index in [4.69, 9.17) is 19.8 Å². The maximum Gasteiger partial charge on any atom is 0.327 e. The van der Waals surface area contributed by atoms with Crippen LogP contribution in [-0.2, 0) is 9.59 Å².